The lowest BCUT2D eigenvalue weighted by atomic mass is 10.0. The van der Waals surface area contributed by atoms with Crippen LogP contribution in [0.15, 0.2) is 51.6 Å². The lowest BCUT2D eigenvalue weighted by Crippen LogP contribution is -2.13. The molecule has 0 bridgehead atoms. The maximum absolute atomic E-state index is 12.2. The van der Waals surface area contributed by atoms with Crippen molar-refractivity contribution in [1.29, 1.82) is 0 Å². The van der Waals surface area contributed by atoms with E-state index in [1.54, 1.807) is 0 Å². The van der Waals surface area contributed by atoms with Crippen molar-refractivity contribution in [3.63, 3.8) is 0 Å². The van der Waals surface area contributed by atoms with Gasteiger partial charge in [-0.25, -0.2) is 9.79 Å². The minimum atomic E-state index is -0.604. The molecule has 2 aromatic carbocycles. The Balaban J connectivity index is 2.55. The van der Waals surface area contributed by atoms with Crippen molar-refractivity contribution in [2.45, 2.75) is 40.5 Å². The van der Waals surface area contributed by atoms with Crippen molar-refractivity contribution in [3.05, 3.63) is 58.7 Å². The second kappa shape index (κ2) is 9.04. The third kappa shape index (κ3) is 4.42. The van der Waals surface area contributed by atoms with E-state index in [1.165, 1.54) is 7.11 Å². The molecule has 0 saturated heterocycles. The van der Waals surface area contributed by atoms with Crippen molar-refractivity contribution in [1.82, 2.24) is 0 Å². The number of ether oxygens (including phenoxy) is 1. The number of carbonyl (C=O) groups is 1. The number of rotatable bonds is 4. The first-order chi connectivity index (χ1) is 12.5. The van der Waals surface area contributed by atoms with Gasteiger partial charge in [0.25, 0.3) is 5.84 Å². The summed E-state index contributed by atoms with van der Waals surface area (Å²) in [5, 5.41) is 8.41. The van der Waals surface area contributed by atoms with Gasteiger partial charge in [0.05, 0.1) is 18.5 Å². The van der Waals surface area contributed by atoms with Crippen LogP contribution in [0, 0.1) is 13.8 Å². The van der Waals surface area contributed by atoms with Crippen LogP contribution < -0.4 is 0 Å². The van der Waals surface area contributed by atoms with Crippen LogP contribution in [-0.2, 0) is 22.4 Å². The predicted octanol–water partition coefficient (Wildman–Crippen LogP) is 5.42. The van der Waals surface area contributed by atoms with Crippen molar-refractivity contribution < 1.29 is 9.53 Å². The molecule has 2 rings (SSSR count). The Kier molecular flexibility index (Phi) is 6.78. The summed E-state index contributed by atoms with van der Waals surface area (Å²) in [4.78, 5) is 16.7. The van der Waals surface area contributed by atoms with Gasteiger partial charge >= 0.3 is 5.97 Å². The molecule has 0 aliphatic carbocycles. The topological polar surface area (TPSA) is 63.4 Å². The summed E-state index contributed by atoms with van der Waals surface area (Å²) in [7, 11) is 1.32. The number of esters is 1. The largest absolute Gasteiger partial charge is 0.463 e. The molecule has 26 heavy (non-hydrogen) atoms. The molecule has 0 unspecified atom stereocenters. The fraction of sp³-hybridized carbons (Fsp3) is 0.333. The summed E-state index contributed by atoms with van der Waals surface area (Å²) in [5.41, 5.74) is 5.62. The van der Waals surface area contributed by atoms with Crippen molar-refractivity contribution >= 4 is 23.2 Å². The Morgan fingerprint density at radius 1 is 0.923 bits per heavy atom. The molecular formula is C21H25N3O2. The molecule has 0 aliphatic heterocycles. The fourth-order valence-corrected chi connectivity index (χ4v) is 2.73. The van der Waals surface area contributed by atoms with Crippen LogP contribution in [0.2, 0.25) is 0 Å². The first-order valence-electron chi connectivity index (χ1n) is 8.77. The first kappa shape index (κ1) is 19.5. The summed E-state index contributed by atoms with van der Waals surface area (Å²) < 4.78 is 4.86. The number of nitrogens with zero attached hydrogens (tertiary/aromatic N) is 3. The summed E-state index contributed by atoms with van der Waals surface area (Å²) in [5.74, 6) is -0.654. The van der Waals surface area contributed by atoms with E-state index >= 15 is 0 Å². The van der Waals surface area contributed by atoms with Gasteiger partial charge < -0.3 is 4.74 Å². The van der Waals surface area contributed by atoms with Gasteiger partial charge in [-0.1, -0.05) is 50.2 Å². The number of amidine groups is 1. The standard InChI is InChI=1S/C21H25N3O2/c1-6-16-12-9-13-17(7-2)19(16)22-20(21(25)26-5)24-23-18-14(3)10-8-11-15(18)4/h8-13H,6-7H2,1-5H3. The number of hydrogen-bond donors (Lipinski definition) is 0. The molecular weight excluding hydrogens is 326 g/mol. The van der Waals surface area contributed by atoms with Crippen LogP contribution >= 0.6 is 0 Å². The number of aliphatic imine (C=N–C) groups is 1. The molecule has 0 spiro atoms. The molecule has 136 valence electrons. The zero-order valence-corrected chi connectivity index (χ0v) is 16.0. The van der Waals surface area contributed by atoms with E-state index in [0.717, 1.165) is 46.5 Å². The average molecular weight is 351 g/mol. The van der Waals surface area contributed by atoms with E-state index in [9.17, 15) is 4.79 Å². The normalized spacial score (nSPS) is 11.8. The number of azo groups is 1. The van der Waals surface area contributed by atoms with E-state index in [-0.39, 0.29) is 5.84 Å². The second-order valence-corrected chi connectivity index (χ2v) is 6.00. The van der Waals surface area contributed by atoms with E-state index in [2.05, 4.69) is 29.1 Å². The maximum Gasteiger partial charge on any atom is 0.378 e. The number of aryl methyl sites for hydroxylation is 4. The first-order valence-corrected chi connectivity index (χ1v) is 8.77. The number of hydrogen-bond acceptors (Lipinski definition) is 4. The van der Waals surface area contributed by atoms with Gasteiger partial charge in [-0.15, -0.1) is 10.2 Å². The third-order valence-corrected chi connectivity index (χ3v) is 4.23. The van der Waals surface area contributed by atoms with Gasteiger partial charge in [-0.05, 0) is 48.9 Å². The van der Waals surface area contributed by atoms with Crippen LogP contribution in [-0.4, -0.2) is 18.9 Å². The zero-order chi connectivity index (χ0) is 19.1. The highest BCUT2D eigenvalue weighted by Crippen LogP contribution is 2.27. The Morgan fingerprint density at radius 2 is 1.46 bits per heavy atom. The number of benzene rings is 2. The fourth-order valence-electron chi connectivity index (χ4n) is 2.73. The van der Waals surface area contributed by atoms with Gasteiger partial charge in [-0.3, -0.25) is 0 Å². The quantitative estimate of drug-likeness (QED) is 0.320. The van der Waals surface area contributed by atoms with E-state index < -0.39 is 5.97 Å². The molecule has 0 heterocycles. The minimum absolute atomic E-state index is 0.0502. The van der Waals surface area contributed by atoms with Crippen LogP contribution in [0.3, 0.4) is 0 Å². The number of methoxy groups -OCH3 is 1. The molecule has 0 N–H and O–H groups in total. The molecule has 0 fully saturated rings. The Morgan fingerprint density at radius 3 is 1.96 bits per heavy atom. The van der Waals surface area contributed by atoms with Gasteiger partial charge in [0.1, 0.15) is 0 Å². The minimum Gasteiger partial charge on any atom is -0.463 e. The highest BCUT2D eigenvalue weighted by atomic mass is 16.5. The molecule has 0 radical (unpaired) electrons. The van der Waals surface area contributed by atoms with Crippen molar-refractivity contribution in [2.24, 2.45) is 15.2 Å². The lowest BCUT2D eigenvalue weighted by molar-refractivity contribution is -0.132. The van der Waals surface area contributed by atoms with Crippen LogP contribution in [0.4, 0.5) is 11.4 Å². The molecule has 5 nitrogen and oxygen atoms in total. The second-order valence-electron chi connectivity index (χ2n) is 6.00. The summed E-state index contributed by atoms with van der Waals surface area (Å²) in [6.07, 6.45) is 1.63. The monoisotopic (exact) mass is 351 g/mol. The molecule has 2 aromatic rings. The summed E-state index contributed by atoms with van der Waals surface area (Å²) >= 11 is 0. The van der Waals surface area contributed by atoms with Crippen LogP contribution in [0.1, 0.15) is 36.1 Å². The summed E-state index contributed by atoms with van der Waals surface area (Å²) in [6, 6.07) is 11.9. The average Bonchev–Trinajstić information content (AvgIpc) is 2.65. The Hall–Kier alpha value is -2.82. The molecule has 0 atom stereocenters. The van der Waals surface area contributed by atoms with Gasteiger partial charge in [0, 0.05) is 0 Å². The van der Waals surface area contributed by atoms with Gasteiger partial charge in [-0.2, -0.15) is 0 Å². The van der Waals surface area contributed by atoms with E-state index in [4.69, 9.17) is 4.74 Å². The number of carbonyl (C=O) groups excluding carboxylic acids is 1. The summed E-state index contributed by atoms with van der Waals surface area (Å²) in [6.45, 7) is 8.03. The van der Waals surface area contributed by atoms with Crippen LogP contribution in [0.25, 0.3) is 0 Å². The van der Waals surface area contributed by atoms with Crippen molar-refractivity contribution in [3.8, 4) is 0 Å². The van der Waals surface area contributed by atoms with E-state index in [1.807, 2.05) is 50.2 Å². The van der Waals surface area contributed by atoms with Crippen LogP contribution in [0.5, 0.6) is 0 Å². The zero-order valence-electron chi connectivity index (χ0n) is 16.0. The highest BCUT2D eigenvalue weighted by molar-refractivity contribution is 6.36. The highest BCUT2D eigenvalue weighted by Gasteiger charge is 2.15. The molecule has 5 heteroatoms. The predicted molar refractivity (Wildman–Crippen MR) is 105 cm³/mol. The van der Waals surface area contributed by atoms with Gasteiger partial charge in [0.2, 0.25) is 0 Å². The Labute approximate surface area is 154 Å². The van der Waals surface area contributed by atoms with E-state index in [0.29, 0.717) is 0 Å². The smallest absolute Gasteiger partial charge is 0.378 e. The van der Waals surface area contributed by atoms with Gasteiger partial charge in [0.15, 0.2) is 0 Å². The Bertz CT molecular complexity index is 812. The van der Waals surface area contributed by atoms with Crippen molar-refractivity contribution in [2.75, 3.05) is 7.11 Å². The lowest BCUT2D eigenvalue weighted by Gasteiger charge is -2.09. The SMILES string of the molecule is CCc1cccc(CC)c1N=C(N=Nc1c(C)cccc1C)C(=O)OC. The molecule has 0 aliphatic rings. The third-order valence-electron chi connectivity index (χ3n) is 4.23. The molecule has 0 amide bonds. The molecule has 0 saturated carbocycles. The maximum atomic E-state index is 12.2. The number of para-hydroxylation sites is 1. The molecule has 0 aromatic heterocycles.